The zero-order valence-electron chi connectivity index (χ0n) is 11.0. The Kier molecular flexibility index (Phi) is 3.48. The summed E-state index contributed by atoms with van der Waals surface area (Å²) in [5.41, 5.74) is 2.82. The third-order valence-corrected chi connectivity index (χ3v) is 4.10. The molecule has 0 spiro atoms. The molecule has 3 aromatic rings. The Labute approximate surface area is 129 Å². The van der Waals surface area contributed by atoms with Crippen LogP contribution in [0.25, 0.3) is 11.0 Å². The highest BCUT2D eigenvalue weighted by Gasteiger charge is 2.18. The Morgan fingerprint density at radius 2 is 2.05 bits per heavy atom. The molecule has 0 aliphatic rings. The van der Waals surface area contributed by atoms with Crippen molar-refractivity contribution < 1.29 is 0 Å². The van der Waals surface area contributed by atoms with Gasteiger partial charge < -0.3 is 0 Å². The summed E-state index contributed by atoms with van der Waals surface area (Å²) in [5.74, 6) is 0. The second kappa shape index (κ2) is 5.14. The largest absolute Gasteiger partial charge is 0.259 e. The van der Waals surface area contributed by atoms with Crippen molar-refractivity contribution in [1.82, 2.24) is 19.7 Å². The highest BCUT2D eigenvalue weighted by atomic mass is 79.9. The smallest absolute Gasteiger partial charge is 0.161 e. The first-order chi connectivity index (χ1) is 9.58. The third kappa shape index (κ3) is 2.21. The van der Waals surface area contributed by atoms with Gasteiger partial charge in [0.05, 0.1) is 22.1 Å². The molecule has 1 unspecified atom stereocenters. The van der Waals surface area contributed by atoms with E-state index >= 15 is 0 Å². The molecule has 4 nitrogen and oxygen atoms in total. The van der Waals surface area contributed by atoms with Crippen LogP contribution >= 0.6 is 27.5 Å². The van der Waals surface area contributed by atoms with Crippen LogP contribution in [-0.2, 0) is 0 Å². The van der Waals surface area contributed by atoms with Crippen molar-refractivity contribution in [3.05, 3.63) is 51.5 Å². The summed E-state index contributed by atoms with van der Waals surface area (Å²) in [6, 6.07) is 5.79. The van der Waals surface area contributed by atoms with Crippen LogP contribution in [0.5, 0.6) is 0 Å². The van der Waals surface area contributed by atoms with Gasteiger partial charge in [-0.25, -0.2) is 9.67 Å². The van der Waals surface area contributed by atoms with Crippen molar-refractivity contribution in [1.29, 1.82) is 0 Å². The van der Waals surface area contributed by atoms with Crippen LogP contribution in [0.4, 0.5) is 0 Å². The maximum Gasteiger partial charge on any atom is 0.161 e. The molecule has 0 saturated heterocycles. The topological polar surface area (TPSA) is 43.6 Å². The fourth-order valence-corrected chi connectivity index (χ4v) is 3.01. The Morgan fingerprint density at radius 1 is 1.25 bits per heavy atom. The van der Waals surface area contributed by atoms with Gasteiger partial charge in [0.2, 0.25) is 0 Å². The van der Waals surface area contributed by atoms with Gasteiger partial charge in [-0.2, -0.15) is 5.10 Å². The molecule has 0 bridgehead atoms. The minimum absolute atomic E-state index is 0.0182. The summed E-state index contributed by atoms with van der Waals surface area (Å²) >= 11 is 9.65. The summed E-state index contributed by atoms with van der Waals surface area (Å²) in [6.07, 6.45) is 3.54. The molecule has 3 rings (SSSR count). The Morgan fingerprint density at radius 3 is 2.75 bits per heavy atom. The average Bonchev–Trinajstić information content (AvgIpc) is 2.77. The first kappa shape index (κ1) is 13.5. The van der Waals surface area contributed by atoms with Gasteiger partial charge in [0.1, 0.15) is 4.60 Å². The van der Waals surface area contributed by atoms with Crippen LogP contribution in [0.1, 0.15) is 24.2 Å². The Bertz CT molecular complexity index is 767. The van der Waals surface area contributed by atoms with Crippen molar-refractivity contribution in [3.8, 4) is 0 Å². The summed E-state index contributed by atoms with van der Waals surface area (Å²) in [5, 5.41) is 5.96. The molecular weight excluding hydrogens is 340 g/mol. The van der Waals surface area contributed by atoms with Crippen molar-refractivity contribution in [2.45, 2.75) is 19.9 Å². The van der Waals surface area contributed by atoms with Crippen LogP contribution < -0.4 is 0 Å². The zero-order chi connectivity index (χ0) is 14.3. The maximum atomic E-state index is 6.21. The van der Waals surface area contributed by atoms with Crippen molar-refractivity contribution in [2.75, 3.05) is 0 Å². The summed E-state index contributed by atoms with van der Waals surface area (Å²) in [4.78, 5) is 8.84. The van der Waals surface area contributed by atoms with Gasteiger partial charge in [0.15, 0.2) is 5.65 Å². The van der Waals surface area contributed by atoms with E-state index < -0.39 is 0 Å². The number of nitrogens with zero attached hydrogens (tertiary/aromatic N) is 4. The maximum absolute atomic E-state index is 6.21. The minimum Gasteiger partial charge on any atom is -0.259 e. The zero-order valence-corrected chi connectivity index (χ0v) is 13.4. The van der Waals surface area contributed by atoms with E-state index in [0.29, 0.717) is 9.63 Å². The SMILES string of the molecule is Cc1ccc(C(C)n2nc(Br)c3c(Cl)ccnc32)nc1. The summed E-state index contributed by atoms with van der Waals surface area (Å²) in [7, 11) is 0. The molecule has 0 N–H and O–H groups in total. The molecule has 0 saturated carbocycles. The molecule has 0 aromatic carbocycles. The molecule has 0 fully saturated rings. The highest BCUT2D eigenvalue weighted by Crippen LogP contribution is 2.31. The first-order valence-electron chi connectivity index (χ1n) is 6.18. The van der Waals surface area contributed by atoms with Gasteiger partial charge in [-0.3, -0.25) is 4.98 Å². The number of hydrogen-bond acceptors (Lipinski definition) is 3. The number of fused-ring (bicyclic) bond motifs is 1. The van der Waals surface area contributed by atoms with Crippen molar-refractivity contribution >= 4 is 38.6 Å². The fraction of sp³-hybridized carbons (Fsp3) is 0.214. The van der Waals surface area contributed by atoms with Crippen LogP contribution in [0.15, 0.2) is 35.2 Å². The van der Waals surface area contributed by atoms with Gasteiger partial charge in [-0.15, -0.1) is 0 Å². The van der Waals surface area contributed by atoms with Crippen LogP contribution in [0.2, 0.25) is 5.02 Å². The van der Waals surface area contributed by atoms with E-state index in [9.17, 15) is 0 Å². The van der Waals surface area contributed by atoms with Gasteiger partial charge >= 0.3 is 0 Å². The minimum atomic E-state index is -0.0182. The molecule has 20 heavy (non-hydrogen) atoms. The number of hydrogen-bond donors (Lipinski definition) is 0. The quantitative estimate of drug-likeness (QED) is 0.696. The lowest BCUT2D eigenvalue weighted by Crippen LogP contribution is -2.10. The molecule has 0 radical (unpaired) electrons. The predicted molar refractivity (Wildman–Crippen MR) is 83.0 cm³/mol. The number of aryl methyl sites for hydroxylation is 1. The van der Waals surface area contributed by atoms with Gasteiger partial charge in [-0.1, -0.05) is 17.7 Å². The van der Waals surface area contributed by atoms with E-state index in [1.165, 1.54) is 0 Å². The number of rotatable bonds is 2. The number of aromatic nitrogens is 4. The average molecular weight is 352 g/mol. The summed E-state index contributed by atoms with van der Waals surface area (Å²) < 4.78 is 2.53. The summed E-state index contributed by atoms with van der Waals surface area (Å²) in [6.45, 7) is 4.06. The lowest BCUT2D eigenvalue weighted by Gasteiger charge is -2.12. The normalized spacial score (nSPS) is 12.8. The van der Waals surface area contributed by atoms with Crippen LogP contribution in [0.3, 0.4) is 0 Å². The van der Waals surface area contributed by atoms with Gasteiger partial charge in [0.25, 0.3) is 0 Å². The molecule has 6 heteroatoms. The van der Waals surface area contributed by atoms with E-state index in [1.807, 2.05) is 36.9 Å². The molecule has 0 aliphatic carbocycles. The fourth-order valence-electron chi connectivity index (χ4n) is 2.11. The van der Waals surface area contributed by atoms with Crippen molar-refractivity contribution in [3.63, 3.8) is 0 Å². The number of halogens is 2. The molecule has 3 heterocycles. The Balaban J connectivity index is 2.15. The first-order valence-corrected chi connectivity index (χ1v) is 7.36. The van der Waals surface area contributed by atoms with Crippen LogP contribution in [0, 0.1) is 6.92 Å². The molecule has 102 valence electrons. The predicted octanol–water partition coefficient (Wildman–Crippen LogP) is 4.16. The second-order valence-electron chi connectivity index (χ2n) is 4.66. The molecule has 0 amide bonds. The third-order valence-electron chi connectivity index (χ3n) is 3.23. The monoisotopic (exact) mass is 350 g/mol. The highest BCUT2D eigenvalue weighted by molar-refractivity contribution is 9.10. The molecule has 0 aliphatic heterocycles. The lowest BCUT2D eigenvalue weighted by molar-refractivity contribution is 0.562. The molecule has 3 aromatic heterocycles. The standard InChI is InChI=1S/C14H12BrClN4/c1-8-3-4-11(18-7-8)9(2)20-14-12(13(15)19-20)10(16)5-6-17-14/h3-7,9H,1-2H3. The molecule has 1 atom stereocenters. The van der Waals surface area contributed by atoms with Gasteiger partial charge in [-0.05, 0) is 47.5 Å². The second-order valence-corrected chi connectivity index (χ2v) is 5.82. The van der Waals surface area contributed by atoms with E-state index in [-0.39, 0.29) is 6.04 Å². The van der Waals surface area contributed by atoms with Crippen molar-refractivity contribution in [2.24, 2.45) is 0 Å². The van der Waals surface area contributed by atoms with E-state index in [2.05, 4.69) is 31.0 Å². The van der Waals surface area contributed by atoms with E-state index in [4.69, 9.17) is 11.6 Å². The molecular formula is C14H12BrClN4. The number of pyridine rings is 2. The van der Waals surface area contributed by atoms with E-state index in [1.54, 1.807) is 12.3 Å². The Hall–Kier alpha value is -1.46. The van der Waals surface area contributed by atoms with E-state index in [0.717, 1.165) is 22.3 Å². The van der Waals surface area contributed by atoms with Crippen LogP contribution in [-0.4, -0.2) is 19.7 Å². The lowest BCUT2D eigenvalue weighted by atomic mass is 10.2. The van der Waals surface area contributed by atoms with Gasteiger partial charge in [0, 0.05) is 12.4 Å².